The Balaban J connectivity index is 1.36. The topological polar surface area (TPSA) is 80.6 Å². The molecule has 6 heteroatoms. The third-order valence-electron chi connectivity index (χ3n) is 7.68. The molecule has 1 atom stereocenters. The quantitative estimate of drug-likeness (QED) is 0.200. The van der Waals surface area contributed by atoms with Crippen molar-refractivity contribution in [1.82, 2.24) is 9.88 Å². The molecule has 0 bridgehead atoms. The van der Waals surface area contributed by atoms with Gasteiger partial charge in [0.05, 0.1) is 18.2 Å². The summed E-state index contributed by atoms with van der Waals surface area (Å²) in [5.41, 5.74) is 7.90. The average Bonchev–Trinajstić information content (AvgIpc) is 3.22. The molecule has 5 rings (SSSR count). The van der Waals surface area contributed by atoms with E-state index in [1.165, 1.54) is 0 Å². The van der Waals surface area contributed by atoms with Crippen LogP contribution < -0.4 is 10.1 Å². The summed E-state index contributed by atoms with van der Waals surface area (Å²) in [6.07, 6.45) is 0. The highest BCUT2D eigenvalue weighted by molar-refractivity contribution is 5.99. The summed E-state index contributed by atoms with van der Waals surface area (Å²) >= 11 is 0. The summed E-state index contributed by atoms with van der Waals surface area (Å²) in [6.45, 7) is 9.36. The summed E-state index contributed by atoms with van der Waals surface area (Å²) in [5, 5.41) is 13.7. The highest BCUT2D eigenvalue weighted by Gasteiger charge is 2.17. The first kappa shape index (κ1) is 27.7. The monoisotopic (exact) mass is 546 g/mol. The molecule has 41 heavy (non-hydrogen) atoms. The van der Waals surface area contributed by atoms with Crippen molar-refractivity contribution in [2.24, 2.45) is 0 Å². The van der Waals surface area contributed by atoms with Gasteiger partial charge in [0.25, 0.3) is 5.91 Å². The number of ether oxygens (including phenoxy) is 1. The van der Waals surface area contributed by atoms with E-state index in [0.29, 0.717) is 24.3 Å². The number of carboxylic acids is 1. The number of hydrogen-bond donors (Lipinski definition) is 2. The van der Waals surface area contributed by atoms with E-state index in [2.05, 4.69) is 23.7 Å². The number of fused-ring (bicyclic) bond motifs is 1. The molecule has 0 radical (unpaired) electrons. The SMILES string of the molecule is CCOc1cccc([C@H](C)NC(=O)c2ccc3c(c2)c(C)c(C)n3Cc2ccc(-c3ccccc3C(=O)O)cc2)c1. The van der Waals surface area contributed by atoms with Crippen molar-refractivity contribution in [3.05, 3.63) is 125 Å². The molecule has 0 spiro atoms. The summed E-state index contributed by atoms with van der Waals surface area (Å²) < 4.78 is 7.86. The fourth-order valence-corrected chi connectivity index (χ4v) is 5.29. The minimum atomic E-state index is -0.937. The van der Waals surface area contributed by atoms with Crippen LogP contribution in [-0.4, -0.2) is 28.2 Å². The van der Waals surface area contributed by atoms with E-state index in [1.54, 1.807) is 12.1 Å². The van der Waals surface area contributed by atoms with Crippen LogP contribution in [0.2, 0.25) is 0 Å². The molecule has 2 N–H and O–H groups in total. The van der Waals surface area contributed by atoms with Gasteiger partial charge in [0.1, 0.15) is 5.75 Å². The molecule has 1 heterocycles. The number of benzene rings is 4. The zero-order chi connectivity index (χ0) is 29.1. The molecule has 0 fully saturated rings. The van der Waals surface area contributed by atoms with Gasteiger partial charge in [-0.3, -0.25) is 4.79 Å². The number of nitrogens with one attached hydrogen (secondary N) is 1. The van der Waals surface area contributed by atoms with Gasteiger partial charge in [0, 0.05) is 28.7 Å². The maximum Gasteiger partial charge on any atom is 0.336 e. The van der Waals surface area contributed by atoms with E-state index in [0.717, 1.165) is 44.6 Å². The number of aromatic carboxylic acids is 1. The number of carboxylic acid groups (broad SMARTS) is 1. The molecule has 0 aliphatic rings. The van der Waals surface area contributed by atoms with Crippen molar-refractivity contribution < 1.29 is 19.4 Å². The lowest BCUT2D eigenvalue weighted by Crippen LogP contribution is -2.26. The number of rotatable bonds is 9. The summed E-state index contributed by atoms with van der Waals surface area (Å²) in [5.74, 6) is -0.268. The molecular formula is C35H34N2O4. The average molecular weight is 547 g/mol. The fourth-order valence-electron chi connectivity index (χ4n) is 5.29. The Morgan fingerprint density at radius 2 is 1.68 bits per heavy atom. The number of aromatic nitrogens is 1. The lowest BCUT2D eigenvalue weighted by atomic mass is 9.99. The van der Waals surface area contributed by atoms with E-state index in [1.807, 2.05) is 92.7 Å². The second-order valence-corrected chi connectivity index (χ2v) is 10.3. The van der Waals surface area contributed by atoms with Gasteiger partial charge in [0.2, 0.25) is 0 Å². The van der Waals surface area contributed by atoms with Gasteiger partial charge in [-0.05, 0) is 91.9 Å². The van der Waals surface area contributed by atoms with Gasteiger partial charge in [-0.1, -0.05) is 54.6 Å². The predicted molar refractivity (Wildman–Crippen MR) is 163 cm³/mol. The van der Waals surface area contributed by atoms with Crippen molar-refractivity contribution >= 4 is 22.8 Å². The Bertz CT molecular complexity index is 1730. The van der Waals surface area contributed by atoms with E-state index in [-0.39, 0.29) is 17.5 Å². The number of carbonyl (C=O) groups excluding carboxylic acids is 1. The molecule has 6 nitrogen and oxygen atoms in total. The number of nitrogens with zero attached hydrogens (tertiary/aromatic N) is 1. The third kappa shape index (κ3) is 5.73. The molecule has 1 amide bonds. The normalized spacial score (nSPS) is 11.8. The first-order valence-electron chi connectivity index (χ1n) is 13.8. The molecule has 0 aliphatic carbocycles. The first-order valence-corrected chi connectivity index (χ1v) is 13.8. The van der Waals surface area contributed by atoms with Crippen LogP contribution in [-0.2, 0) is 6.54 Å². The Morgan fingerprint density at radius 3 is 2.41 bits per heavy atom. The van der Waals surface area contributed by atoms with Crippen molar-refractivity contribution in [3.8, 4) is 16.9 Å². The van der Waals surface area contributed by atoms with Gasteiger partial charge in [0.15, 0.2) is 0 Å². The van der Waals surface area contributed by atoms with Crippen LogP contribution in [0.15, 0.2) is 91.0 Å². The fraction of sp³-hybridized carbons (Fsp3) is 0.200. The molecule has 5 aromatic rings. The van der Waals surface area contributed by atoms with Crippen LogP contribution in [0.5, 0.6) is 5.75 Å². The molecule has 1 aromatic heterocycles. The highest BCUT2D eigenvalue weighted by atomic mass is 16.5. The van der Waals surface area contributed by atoms with Crippen molar-refractivity contribution in [3.63, 3.8) is 0 Å². The van der Waals surface area contributed by atoms with Crippen LogP contribution in [0.4, 0.5) is 0 Å². The van der Waals surface area contributed by atoms with Crippen molar-refractivity contribution in [1.29, 1.82) is 0 Å². The predicted octanol–water partition coefficient (Wildman–Crippen LogP) is 7.56. The highest BCUT2D eigenvalue weighted by Crippen LogP contribution is 2.29. The second-order valence-electron chi connectivity index (χ2n) is 10.3. The molecular weight excluding hydrogens is 512 g/mol. The lowest BCUT2D eigenvalue weighted by Gasteiger charge is -2.16. The smallest absolute Gasteiger partial charge is 0.336 e. The van der Waals surface area contributed by atoms with Crippen LogP contribution in [0.25, 0.3) is 22.0 Å². The minimum absolute atomic E-state index is 0.122. The molecule has 0 saturated carbocycles. The number of hydrogen-bond acceptors (Lipinski definition) is 3. The van der Waals surface area contributed by atoms with Crippen molar-refractivity contribution in [2.75, 3.05) is 6.61 Å². The van der Waals surface area contributed by atoms with Crippen molar-refractivity contribution in [2.45, 2.75) is 40.3 Å². The Morgan fingerprint density at radius 1 is 0.927 bits per heavy atom. The Labute approximate surface area is 240 Å². The summed E-state index contributed by atoms with van der Waals surface area (Å²) in [6, 6.07) is 28.6. The maximum atomic E-state index is 13.2. The Hall–Kier alpha value is -4.84. The van der Waals surface area contributed by atoms with E-state index in [9.17, 15) is 14.7 Å². The number of amides is 1. The van der Waals surface area contributed by atoms with Gasteiger partial charge in [-0.15, -0.1) is 0 Å². The van der Waals surface area contributed by atoms with E-state index >= 15 is 0 Å². The van der Waals surface area contributed by atoms with Crippen LogP contribution in [0.1, 0.15) is 63.0 Å². The summed E-state index contributed by atoms with van der Waals surface area (Å²) in [4.78, 5) is 24.9. The Kier molecular flexibility index (Phi) is 7.92. The zero-order valence-corrected chi connectivity index (χ0v) is 23.8. The molecule has 0 aliphatic heterocycles. The first-order chi connectivity index (χ1) is 19.8. The molecule has 208 valence electrons. The second kappa shape index (κ2) is 11.7. The van der Waals surface area contributed by atoms with Crippen LogP contribution in [0.3, 0.4) is 0 Å². The molecule has 0 saturated heterocycles. The van der Waals surface area contributed by atoms with Crippen LogP contribution in [0, 0.1) is 13.8 Å². The zero-order valence-electron chi connectivity index (χ0n) is 23.8. The number of aryl methyl sites for hydroxylation is 1. The van der Waals surface area contributed by atoms with Gasteiger partial charge < -0.3 is 19.7 Å². The number of carbonyl (C=O) groups is 2. The minimum Gasteiger partial charge on any atom is -0.494 e. The lowest BCUT2D eigenvalue weighted by molar-refractivity contribution is 0.0697. The maximum absolute atomic E-state index is 13.2. The summed E-state index contributed by atoms with van der Waals surface area (Å²) in [7, 11) is 0. The van der Waals surface area contributed by atoms with Gasteiger partial charge >= 0.3 is 5.97 Å². The largest absolute Gasteiger partial charge is 0.494 e. The van der Waals surface area contributed by atoms with Gasteiger partial charge in [-0.2, -0.15) is 0 Å². The van der Waals surface area contributed by atoms with Gasteiger partial charge in [-0.25, -0.2) is 4.79 Å². The molecule has 4 aromatic carbocycles. The third-order valence-corrected chi connectivity index (χ3v) is 7.68. The molecule has 0 unspecified atom stereocenters. The van der Waals surface area contributed by atoms with Crippen LogP contribution >= 0.6 is 0 Å². The van der Waals surface area contributed by atoms with E-state index < -0.39 is 5.97 Å². The van der Waals surface area contributed by atoms with E-state index in [4.69, 9.17) is 4.74 Å². The standard InChI is InChI=1S/C35H34N2O4/c1-5-41-29-10-8-9-27(19-29)23(3)36-34(38)28-17-18-33-32(20-28)22(2)24(4)37(33)21-25-13-15-26(16-14-25)30-11-6-7-12-31(30)35(39)40/h6-20,23H,5,21H2,1-4H3,(H,36,38)(H,39,40)/t23-/m0/s1.